The standard InChI is InChI=1S/C16H21.C6H5.Zr/c1-10(2)13-8-14-6-12(5)7-16(14)15(9-13)11(3)4;1-2-4-6-5-3-1;/h6-11H,1-5H3;1-5H;/q2*-1;+2. The Labute approximate surface area is 160 Å². The van der Waals surface area contributed by atoms with Crippen molar-refractivity contribution in [2.75, 3.05) is 0 Å². The van der Waals surface area contributed by atoms with Crippen molar-refractivity contribution < 1.29 is 26.2 Å². The number of fused-ring (bicyclic) bond motifs is 1. The third-order valence-corrected chi connectivity index (χ3v) is 3.92. The second-order valence-electron chi connectivity index (χ2n) is 6.53. The van der Waals surface area contributed by atoms with Crippen LogP contribution in [-0.2, 0) is 26.2 Å². The van der Waals surface area contributed by atoms with Gasteiger partial charge in [-0.05, 0) is 11.8 Å². The van der Waals surface area contributed by atoms with Gasteiger partial charge in [0.2, 0.25) is 0 Å². The summed E-state index contributed by atoms with van der Waals surface area (Å²) < 4.78 is 0. The van der Waals surface area contributed by atoms with Crippen LogP contribution in [0.3, 0.4) is 0 Å². The summed E-state index contributed by atoms with van der Waals surface area (Å²) in [5.41, 5.74) is 4.33. The smallest absolute Gasteiger partial charge is 0.184 e. The molecule has 23 heavy (non-hydrogen) atoms. The molecule has 0 fully saturated rings. The number of hydrogen-bond donors (Lipinski definition) is 0. The van der Waals surface area contributed by atoms with E-state index in [1.807, 2.05) is 30.3 Å². The van der Waals surface area contributed by atoms with Gasteiger partial charge in [-0.25, -0.2) is 0 Å². The van der Waals surface area contributed by atoms with E-state index in [0.717, 1.165) is 0 Å². The van der Waals surface area contributed by atoms with Crippen molar-refractivity contribution in [3.63, 3.8) is 0 Å². The van der Waals surface area contributed by atoms with E-state index in [1.165, 1.54) is 27.5 Å². The van der Waals surface area contributed by atoms with E-state index in [0.29, 0.717) is 11.8 Å². The first-order valence-corrected chi connectivity index (χ1v) is 8.11. The van der Waals surface area contributed by atoms with E-state index >= 15 is 0 Å². The van der Waals surface area contributed by atoms with Crippen molar-refractivity contribution in [3.05, 3.63) is 77.4 Å². The summed E-state index contributed by atoms with van der Waals surface area (Å²) >= 11 is 0. The SMILES string of the molecule is Cc1cc2c(C(C)C)cc(C(C)C)cc2[cH-]1.[Zr+2].[c-]1ccccc1. The van der Waals surface area contributed by atoms with Crippen molar-refractivity contribution in [1.29, 1.82) is 0 Å². The van der Waals surface area contributed by atoms with Crippen LogP contribution >= 0.6 is 0 Å². The van der Waals surface area contributed by atoms with Gasteiger partial charge in [0.15, 0.2) is 0 Å². The molecule has 0 aliphatic heterocycles. The van der Waals surface area contributed by atoms with Crippen molar-refractivity contribution >= 4 is 10.8 Å². The Morgan fingerprint density at radius 2 is 1.52 bits per heavy atom. The molecule has 0 bridgehead atoms. The molecule has 1 heteroatoms. The third-order valence-electron chi connectivity index (χ3n) is 3.92. The summed E-state index contributed by atoms with van der Waals surface area (Å²) in [6.07, 6.45) is 0. The maximum Gasteiger partial charge on any atom is 2.00 e. The fourth-order valence-electron chi connectivity index (χ4n) is 2.68. The molecule has 0 aromatic heterocycles. The van der Waals surface area contributed by atoms with Crippen molar-refractivity contribution in [2.45, 2.75) is 46.5 Å². The van der Waals surface area contributed by atoms with Crippen LogP contribution in [0.2, 0.25) is 0 Å². The quantitative estimate of drug-likeness (QED) is 0.439. The van der Waals surface area contributed by atoms with E-state index in [9.17, 15) is 0 Å². The fraction of sp³-hybridized carbons (Fsp3) is 0.318. The van der Waals surface area contributed by atoms with E-state index < -0.39 is 0 Å². The summed E-state index contributed by atoms with van der Waals surface area (Å²) in [6.45, 7) is 11.3. The Morgan fingerprint density at radius 3 is 1.96 bits per heavy atom. The number of rotatable bonds is 2. The van der Waals surface area contributed by atoms with Gasteiger partial charge < -0.3 is 0 Å². The second kappa shape index (κ2) is 9.28. The Hall–Kier alpha value is -1.07. The van der Waals surface area contributed by atoms with E-state index in [-0.39, 0.29) is 26.2 Å². The molecule has 0 aliphatic rings. The topological polar surface area (TPSA) is 0 Å². The van der Waals surface area contributed by atoms with Gasteiger partial charge in [0.1, 0.15) is 0 Å². The summed E-state index contributed by atoms with van der Waals surface area (Å²) in [6, 6.07) is 21.8. The van der Waals surface area contributed by atoms with Gasteiger partial charge in [-0.2, -0.15) is 42.5 Å². The minimum atomic E-state index is 0. The molecule has 3 rings (SSSR count). The van der Waals surface area contributed by atoms with Gasteiger partial charge in [0.05, 0.1) is 0 Å². The Morgan fingerprint density at radius 1 is 0.870 bits per heavy atom. The monoisotopic (exact) mass is 380 g/mol. The maximum atomic E-state index is 2.89. The van der Waals surface area contributed by atoms with Gasteiger partial charge in [0, 0.05) is 0 Å². The molecule has 0 radical (unpaired) electrons. The zero-order chi connectivity index (χ0) is 16.1. The second-order valence-corrected chi connectivity index (χ2v) is 6.53. The summed E-state index contributed by atoms with van der Waals surface area (Å²) in [4.78, 5) is 0. The van der Waals surface area contributed by atoms with Crippen LogP contribution < -0.4 is 0 Å². The van der Waals surface area contributed by atoms with Gasteiger partial charge >= 0.3 is 26.2 Å². The molecule has 0 nitrogen and oxygen atoms in total. The minimum Gasteiger partial charge on any atom is -0.184 e. The Bertz CT molecular complexity index is 679. The molecule has 0 saturated heterocycles. The number of benzene rings is 2. The first kappa shape index (κ1) is 20.0. The largest absolute Gasteiger partial charge is 2.00 e. The zero-order valence-electron chi connectivity index (χ0n) is 14.9. The van der Waals surface area contributed by atoms with Gasteiger partial charge in [-0.15, -0.1) is 28.5 Å². The van der Waals surface area contributed by atoms with Gasteiger partial charge in [0.25, 0.3) is 0 Å². The molecule has 0 saturated carbocycles. The first-order valence-electron chi connectivity index (χ1n) is 8.11. The molecule has 118 valence electrons. The average molecular weight is 382 g/mol. The first-order chi connectivity index (χ1) is 10.5. The van der Waals surface area contributed by atoms with Crippen LogP contribution in [-0.4, -0.2) is 0 Å². The molecule has 0 spiro atoms. The maximum absolute atomic E-state index is 2.89. The van der Waals surface area contributed by atoms with Gasteiger partial charge in [-0.1, -0.05) is 51.8 Å². The van der Waals surface area contributed by atoms with Crippen LogP contribution in [0, 0.1) is 13.0 Å². The fourth-order valence-corrected chi connectivity index (χ4v) is 2.68. The molecular formula is C22H26Zr. The molecule has 0 N–H and O–H groups in total. The molecule has 0 amide bonds. The van der Waals surface area contributed by atoms with E-state index in [1.54, 1.807) is 0 Å². The van der Waals surface area contributed by atoms with Crippen LogP contribution in [0.1, 0.15) is 56.2 Å². The molecular weight excluding hydrogens is 355 g/mol. The zero-order valence-corrected chi connectivity index (χ0v) is 17.3. The molecule has 0 heterocycles. The third kappa shape index (κ3) is 5.50. The normalized spacial score (nSPS) is 10.4. The average Bonchev–Trinajstić information content (AvgIpc) is 2.88. The predicted molar refractivity (Wildman–Crippen MR) is 97.7 cm³/mol. The van der Waals surface area contributed by atoms with Crippen LogP contribution in [0.4, 0.5) is 0 Å². The molecule has 0 unspecified atom stereocenters. The van der Waals surface area contributed by atoms with E-state index in [2.05, 4.69) is 65.0 Å². The van der Waals surface area contributed by atoms with Crippen molar-refractivity contribution in [3.8, 4) is 0 Å². The van der Waals surface area contributed by atoms with Crippen LogP contribution in [0.25, 0.3) is 10.8 Å². The summed E-state index contributed by atoms with van der Waals surface area (Å²) in [5, 5.41) is 2.85. The Balaban J connectivity index is 0.000000320. The molecule has 0 aliphatic carbocycles. The molecule has 3 aromatic rings. The predicted octanol–water partition coefficient (Wildman–Crippen LogP) is 6.60. The van der Waals surface area contributed by atoms with E-state index in [4.69, 9.17) is 0 Å². The summed E-state index contributed by atoms with van der Waals surface area (Å²) in [7, 11) is 0. The summed E-state index contributed by atoms with van der Waals surface area (Å²) in [5.74, 6) is 1.21. The number of aryl methyl sites for hydroxylation is 1. The van der Waals surface area contributed by atoms with Gasteiger partial charge in [-0.3, -0.25) is 0 Å². The minimum absolute atomic E-state index is 0. The molecule has 3 aromatic carbocycles. The van der Waals surface area contributed by atoms with Crippen molar-refractivity contribution in [2.24, 2.45) is 0 Å². The van der Waals surface area contributed by atoms with Crippen molar-refractivity contribution in [1.82, 2.24) is 0 Å². The molecule has 0 atom stereocenters. The number of hydrogen-bond acceptors (Lipinski definition) is 0. The Kier molecular flexibility index (Phi) is 8.06. The van der Waals surface area contributed by atoms with Crippen LogP contribution in [0.5, 0.6) is 0 Å². The van der Waals surface area contributed by atoms with Crippen LogP contribution in [0.15, 0.2) is 54.6 Å².